The summed E-state index contributed by atoms with van der Waals surface area (Å²) in [6.45, 7) is 8.39. The highest BCUT2D eigenvalue weighted by atomic mass is 16.6. The average molecular weight is 323 g/mol. The number of hydrogen-bond acceptors (Lipinski definition) is 5. The van der Waals surface area contributed by atoms with Gasteiger partial charge in [0.05, 0.1) is 12.2 Å². The monoisotopic (exact) mass is 323 g/mol. The Morgan fingerprint density at radius 1 is 1.48 bits per heavy atom. The molecule has 0 N–H and O–H groups in total. The van der Waals surface area contributed by atoms with E-state index in [2.05, 4.69) is 5.16 Å². The molecule has 1 saturated heterocycles. The number of nitrogens with zero attached hydrogens (tertiary/aromatic N) is 3. The van der Waals surface area contributed by atoms with E-state index in [0.717, 1.165) is 17.7 Å². The molecule has 2 amide bonds. The largest absolute Gasteiger partial charge is 0.444 e. The zero-order valence-corrected chi connectivity index (χ0v) is 14.5. The van der Waals surface area contributed by atoms with Gasteiger partial charge in [0.15, 0.2) is 0 Å². The molecule has 1 atom stereocenters. The minimum atomic E-state index is -0.565. The van der Waals surface area contributed by atoms with Gasteiger partial charge in [-0.15, -0.1) is 0 Å². The number of ether oxygens (including phenoxy) is 1. The Kier molecular flexibility index (Phi) is 4.97. The van der Waals surface area contributed by atoms with Crippen LogP contribution in [-0.2, 0) is 22.5 Å². The second-order valence-corrected chi connectivity index (χ2v) is 6.81. The highest BCUT2D eigenvalue weighted by Gasteiger charge is 2.41. The molecule has 1 aromatic rings. The third kappa shape index (κ3) is 4.03. The number of likely N-dealkylation sites (N-methyl/N-ethyl adjacent to an activating group) is 1. The van der Waals surface area contributed by atoms with Crippen LogP contribution in [-0.4, -0.2) is 52.2 Å². The first kappa shape index (κ1) is 17.3. The lowest BCUT2D eigenvalue weighted by atomic mass is 10.0. The molecule has 0 saturated carbocycles. The Labute approximate surface area is 136 Å². The standard InChI is InChI=1S/C16H25N3O4/c1-6-12-11(10-22-17-12)9-18(5)14(20)13-7-8-19(13)15(21)23-16(2,3)4/h10,13H,6-9H2,1-5H3/t13-/m1/s1. The Hall–Kier alpha value is -2.05. The van der Waals surface area contributed by atoms with Crippen LogP contribution < -0.4 is 0 Å². The van der Waals surface area contributed by atoms with Crippen LogP contribution in [0.2, 0.25) is 0 Å². The van der Waals surface area contributed by atoms with Crippen molar-refractivity contribution >= 4 is 12.0 Å². The lowest BCUT2D eigenvalue weighted by molar-refractivity contribution is -0.140. The maximum Gasteiger partial charge on any atom is 0.410 e. The van der Waals surface area contributed by atoms with Gasteiger partial charge in [0, 0.05) is 19.2 Å². The number of carbonyl (C=O) groups excluding carboxylic acids is 2. The molecule has 23 heavy (non-hydrogen) atoms. The summed E-state index contributed by atoms with van der Waals surface area (Å²) < 4.78 is 10.3. The van der Waals surface area contributed by atoms with Crippen molar-refractivity contribution in [1.82, 2.24) is 15.0 Å². The molecule has 0 spiro atoms. The lowest BCUT2D eigenvalue weighted by Gasteiger charge is -2.41. The number of rotatable bonds is 4. The smallest absolute Gasteiger partial charge is 0.410 e. The van der Waals surface area contributed by atoms with Crippen LogP contribution in [0.1, 0.15) is 45.4 Å². The van der Waals surface area contributed by atoms with Crippen LogP contribution >= 0.6 is 0 Å². The first-order valence-electron chi connectivity index (χ1n) is 7.89. The first-order chi connectivity index (χ1) is 10.7. The molecule has 0 radical (unpaired) electrons. The van der Waals surface area contributed by atoms with E-state index < -0.39 is 17.7 Å². The zero-order chi connectivity index (χ0) is 17.2. The van der Waals surface area contributed by atoms with Crippen molar-refractivity contribution in [2.24, 2.45) is 0 Å². The van der Waals surface area contributed by atoms with Crippen molar-refractivity contribution in [3.8, 4) is 0 Å². The van der Waals surface area contributed by atoms with Crippen molar-refractivity contribution in [2.45, 2.75) is 58.7 Å². The molecule has 7 heteroatoms. The maximum atomic E-state index is 12.6. The predicted octanol–water partition coefficient (Wildman–Crippen LogP) is 2.20. The second kappa shape index (κ2) is 6.60. The van der Waals surface area contributed by atoms with Crippen LogP contribution in [0.5, 0.6) is 0 Å². The third-order valence-corrected chi connectivity index (χ3v) is 3.78. The molecule has 0 unspecified atom stereocenters. The Morgan fingerprint density at radius 3 is 2.70 bits per heavy atom. The molecule has 128 valence electrons. The molecular formula is C16H25N3O4. The van der Waals surface area contributed by atoms with E-state index in [1.54, 1.807) is 18.2 Å². The average Bonchev–Trinajstić information content (AvgIpc) is 2.82. The van der Waals surface area contributed by atoms with Gasteiger partial charge in [-0.3, -0.25) is 9.69 Å². The van der Waals surface area contributed by atoms with Gasteiger partial charge in [-0.25, -0.2) is 4.79 Å². The summed E-state index contributed by atoms with van der Waals surface area (Å²) in [7, 11) is 1.72. The number of amides is 2. The van der Waals surface area contributed by atoms with Crippen LogP contribution in [0, 0.1) is 0 Å². The number of aromatic nitrogens is 1. The van der Waals surface area contributed by atoms with Crippen LogP contribution in [0.15, 0.2) is 10.8 Å². The summed E-state index contributed by atoms with van der Waals surface area (Å²) >= 11 is 0. The molecule has 0 bridgehead atoms. The molecular weight excluding hydrogens is 298 g/mol. The molecule has 1 aliphatic rings. The number of aryl methyl sites for hydroxylation is 1. The van der Waals surface area contributed by atoms with Crippen molar-refractivity contribution < 1.29 is 18.8 Å². The normalized spacial score (nSPS) is 17.6. The lowest BCUT2D eigenvalue weighted by Crippen LogP contribution is -2.59. The summed E-state index contributed by atoms with van der Waals surface area (Å²) in [6, 6.07) is -0.445. The number of likely N-dealkylation sites (tertiary alicyclic amines) is 1. The fraction of sp³-hybridized carbons (Fsp3) is 0.688. The van der Waals surface area contributed by atoms with Crippen LogP contribution in [0.4, 0.5) is 4.79 Å². The minimum absolute atomic E-state index is 0.0923. The van der Waals surface area contributed by atoms with E-state index in [1.807, 2.05) is 27.7 Å². The Balaban J connectivity index is 1.96. The van der Waals surface area contributed by atoms with Crippen molar-refractivity contribution in [2.75, 3.05) is 13.6 Å². The summed E-state index contributed by atoms with van der Waals surface area (Å²) in [6.07, 6.45) is 2.54. The van der Waals surface area contributed by atoms with Crippen LogP contribution in [0.25, 0.3) is 0 Å². The zero-order valence-electron chi connectivity index (χ0n) is 14.5. The molecule has 2 rings (SSSR count). The van der Waals surface area contributed by atoms with Crippen LogP contribution in [0.3, 0.4) is 0 Å². The SMILES string of the molecule is CCc1nocc1CN(C)C(=O)[C@H]1CCN1C(=O)OC(C)(C)C. The van der Waals surface area contributed by atoms with Gasteiger partial charge in [0.1, 0.15) is 17.9 Å². The second-order valence-electron chi connectivity index (χ2n) is 6.81. The molecule has 0 aromatic carbocycles. The van der Waals surface area contributed by atoms with Crippen molar-refractivity contribution in [3.63, 3.8) is 0 Å². The van der Waals surface area contributed by atoms with E-state index in [1.165, 1.54) is 4.90 Å². The number of hydrogen-bond donors (Lipinski definition) is 0. The van der Waals surface area contributed by atoms with E-state index in [9.17, 15) is 9.59 Å². The topological polar surface area (TPSA) is 75.9 Å². The van der Waals surface area contributed by atoms with Crippen molar-refractivity contribution in [1.29, 1.82) is 0 Å². The summed E-state index contributed by atoms with van der Waals surface area (Å²) in [4.78, 5) is 27.7. The molecule has 1 aromatic heterocycles. The quantitative estimate of drug-likeness (QED) is 0.849. The van der Waals surface area contributed by atoms with Gasteiger partial charge < -0.3 is 14.2 Å². The molecule has 0 aliphatic carbocycles. The highest BCUT2D eigenvalue weighted by molar-refractivity contribution is 5.87. The predicted molar refractivity (Wildman–Crippen MR) is 83.7 cm³/mol. The first-order valence-corrected chi connectivity index (χ1v) is 7.89. The maximum absolute atomic E-state index is 12.6. The van der Waals surface area contributed by atoms with Gasteiger partial charge in [0.25, 0.3) is 0 Å². The summed E-state index contributed by atoms with van der Waals surface area (Å²) in [5.41, 5.74) is 1.18. The minimum Gasteiger partial charge on any atom is -0.444 e. The van der Waals surface area contributed by atoms with Crippen molar-refractivity contribution in [3.05, 3.63) is 17.5 Å². The van der Waals surface area contributed by atoms with E-state index in [-0.39, 0.29) is 5.91 Å². The van der Waals surface area contributed by atoms with Gasteiger partial charge in [-0.2, -0.15) is 0 Å². The third-order valence-electron chi connectivity index (χ3n) is 3.78. The van der Waals surface area contributed by atoms with Gasteiger partial charge in [-0.1, -0.05) is 12.1 Å². The van der Waals surface area contributed by atoms with Gasteiger partial charge >= 0.3 is 6.09 Å². The Bertz CT molecular complexity index is 576. The van der Waals surface area contributed by atoms with Gasteiger partial charge in [-0.05, 0) is 33.6 Å². The molecule has 1 aliphatic heterocycles. The molecule has 7 nitrogen and oxygen atoms in total. The summed E-state index contributed by atoms with van der Waals surface area (Å²) in [5, 5.41) is 3.91. The number of carbonyl (C=O) groups is 2. The van der Waals surface area contributed by atoms with E-state index in [0.29, 0.717) is 19.5 Å². The van der Waals surface area contributed by atoms with E-state index >= 15 is 0 Å². The Morgan fingerprint density at radius 2 is 2.17 bits per heavy atom. The van der Waals surface area contributed by atoms with Gasteiger partial charge in [0.2, 0.25) is 5.91 Å². The highest BCUT2D eigenvalue weighted by Crippen LogP contribution is 2.23. The molecule has 2 heterocycles. The fourth-order valence-electron chi connectivity index (χ4n) is 2.47. The fourth-order valence-corrected chi connectivity index (χ4v) is 2.47. The van der Waals surface area contributed by atoms with E-state index in [4.69, 9.17) is 9.26 Å². The molecule has 1 fully saturated rings. The summed E-state index contributed by atoms with van der Waals surface area (Å²) in [5.74, 6) is -0.0923.